The molecule has 2 heterocycles. The lowest BCUT2D eigenvalue weighted by Gasteiger charge is -2.29. The average Bonchev–Trinajstić information content (AvgIpc) is 3.42. The Morgan fingerprint density at radius 2 is 1.74 bits per heavy atom. The number of halogens is 3. The number of aromatic nitrogens is 2. The second-order valence-electron chi connectivity index (χ2n) is 8.53. The lowest BCUT2D eigenvalue weighted by molar-refractivity contribution is 0.0674. The SMILES string of the molecule is CCn1cc(Cl)c(C(=O)N2N=C3/C(=C\c4ccc(Cl)cc4)CCC[C@@H]3[C@H]2c2ccc(Cl)cc2)n1. The highest BCUT2D eigenvalue weighted by molar-refractivity contribution is 6.33. The van der Waals surface area contributed by atoms with Crippen molar-refractivity contribution in [1.29, 1.82) is 0 Å². The van der Waals surface area contributed by atoms with Crippen molar-refractivity contribution in [1.82, 2.24) is 14.8 Å². The summed E-state index contributed by atoms with van der Waals surface area (Å²) in [6.07, 6.45) is 6.67. The van der Waals surface area contributed by atoms with Crippen LogP contribution in [0.5, 0.6) is 0 Å². The second-order valence-corrected chi connectivity index (χ2v) is 9.81. The van der Waals surface area contributed by atoms with Gasteiger partial charge in [-0.05, 0) is 73.2 Å². The van der Waals surface area contributed by atoms with Crippen molar-refractivity contribution in [3.63, 3.8) is 0 Å². The van der Waals surface area contributed by atoms with Crippen LogP contribution in [0.15, 0.2) is 65.4 Å². The summed E-state index contributed by atoms with van der Waals surface area (Å²) in [6.45, 7) is 2.57. The first kappa shape index (κ1) is 23.2. The number of aryl methyl sites for hydroxylation is 1. The van der Waals surface area contributed by atoms with Crippen LogP contribution in [0.25, 0.3) is 6.08 Å². The summed E-state index contributed by atoms with van der Waals surface area (Å²) >= 11 is 18.6. The number of benzene rings is 2. The standard InChI is InChI=1S/C26H23Cl3N4O/c1-2-32-15-22(29)24(30-32)26(34)33-25(17-8-12-20(28)13-9-17)21-5-3-4-18(23(21)31-33)14-16-6-10-19(27)11-7-16/h6-15,21,25H,2-5H2,1H3/b18-14-/t21-,25+/m0/s1. The van der Waals surface area contributed by atoms with E-state index in [9.17, 15) is 4.79 Å². The van der Waals surface area contributed by atoms with Gasteiger partial charge in [-0.3, -0.25) is 9.48 Å². The monoisotopic (exact) mass is 512 g/mol. The maximum Gasteiger partial charge on any atom is 0.296 e. The molecular formula is C26H23Cl3N4O. The quantitative estimate of drug-likeness (QED) is 0.367. The van der Waals surface area contributed by atoms with Crippen molar-refractivity contribution in [3.8, 4) is 0 Å². The molecule has 1 aliphatic heterocycles. The van der Waals surface area contributed by atoms with Crippen molar-refractivity contribution < 1.29 is 4.79 Å². The summed E-state index contributed by atoms with van der Waals surface area (Å²) in [5, 5.41) is 12.6. The van der Waals surface area contributed by atoms with Crippen LogP contribution in [-0.4, -0.2) is 26.4 Å². The van der Waals surface area contributed by atoms with Crippen LogP contribution in [0.1, 0.15) is 53.8 Å². The third-order valence-corrected chi connectivity index (χ3v) is 7.16. The summed E-state index contributed by atoms with van der Waals surface area (Å²) in [4.78, 5) is 13.7. The van der Waals surface area contributed by atoms with Gasteiger partial charge in [0.15, 0.2) is 5.69 Å². The normalized spacial score (nSPS) is 21.0. The fraction of sp³-hybridized carbons (Fsp3) is 0.269. The van der Waals surface area contributed by atoms with Gasteiger partial charge in [0.05, 0.1) is 16.8 Å². The first-order valence-electron chi connectivity index (χ1n) is 11.3. The number of hydrazone groups is 1. The van der Waals surface area contributed by atoms with Gasteiger partial charge in [0.2, 0.25) is 0 Å². The van der Waals surface area contributed by atoms with Crippen molar-refractivity contribution >= 4 is 52.5 Å². The van der Waals surface area contributed by atoms with E-state index in [4.69, 9.17) is 39.9 Å². The summed E-state index contributed by atoms with van der Waals surface area (Å²) in [6, 6.07) is 15.1. The minimum absolute atomic E-state index is 0.0736. The maximum absolute atomic E-state index is 13.7. The molecule has 2 aromatic carbocycles. The fourth-order valence-electron chi connectivity index (χ4n) is 4.73. The van der Waals surface area contributed by atoms with Gasteiger partial charge in [-0.1, -0.05) is 59.1 Å². The molecule has 0 radical (unpaired) electrons. The Balaban J connectivity index is 1.58. The third-order valence-electron chi connectivity index (χ3n) is 6.38. The van der Waals surface area contributed by atoms with Gasteiger partial charge in [-0.25, -0.2) is 5.01 Å². The molecule has 3 aromatic rings. The Kier molecular flexibility index (Phi) is 6.52. The van der Waals surface area contributed by atoms with Gasteiger partial charge in [-0.15, -0.1) is 0 Å². The Hall–Kier alpha value is -2.60. The van der Waals surface area contributed by atoms with E-state index >= 15 is 0 Å². The molecule has 1 aromatic heterocycles. The molecule has 2 atom stereocenters. The zero-order chi connectivity index (χ0) is 23.8. The predicted octanol–water partition coefficient (Wildman–Crippen LogP) is 7.30. The third kappa shape index (κ3) is 4.40. The van der Waals surface area contributed by atoms with Crippen LogP contribution in [0.4, 0.5) is 0 Å². The first-order chi connectivity index (χ1) is 16.4. The van der Waals surface area contributed by atoms with E-state index in [1.54, 1.807) is 15.9 Å². The molecule has 1 amide bonds. The number of rotatable bonds is 4. The summed E-state index contributed by atoms with van der Waals surface area (Å²) in [7, 11) is 0. The van der Waals surface area contributed by atoms with Crippen LogP contribution in [0, 0.1) is 5.92 Å². The van der Waals surface area contributed by atoms with Gasteiger partial charge in [-0.2, -0.15) is 10.2 Å². The highest BCUT2D eigenvalue weighted by Crippen LogP contribution is 2.45. The molecule has 0 spiro atoms. The number of carbonyl (C=O) groups is 1. The molecule has 0 saturated heterocycles. The van der Waals surface area contributed by atoms with Gasteiger partial charge < -0.3 is 0 Å². The summed E-state index contributed by atoms with van der Waals surface area (Å²) in [5.41, 5.74) is 4.34. The molecule has 0 unspecified atom stereocenters. The topological polar surface area (TPSA) is 50.5 Å². The Morgan fingerprint density at radius 1 is 1.06 bits per heavy atom. The zero-order valence-corrected chi connectivity index (χ0v) is 20.9. The molecule has 0 N–H and O–H groups in total. The molecule has 8 heteroatoms. The van der Waals surface area contributed by atoms with Gasteiger partial charge in [0.25, 0.3) is 5.91 Å². The number of allylic oxidation sites excluding steroid dienone is 1. The van der Waals surface area contributed by atoms with Crippen LogP contribution in [0.2, 0.25) is 15.1 Å². The van der Waals surface area contributed by atoms with Crippen LogP contribution >= 0.6 is 34.8 Å². The fourth-order valence-corrected chi connectivity index (χ4v) is 5.22. The average molecular weight is 514 g/mol. The number of hydrogen-bond donors (Lipinski definition) is 0. The summed E-state index contributed by atoms with van der Waals surface area (Å²) in [5.74, 6) is -0.227. The molecular weight excluding hydrogens is 491 g/mol. The Bertz CT molecular complexity index is 1280. The van der Waals surface area contributed by atoms with E-state index in [0.29, 0.717) is 21.6 Å². The van der Waals surface area contributed by atoms with Gasteiger partial charge in [0, 0.05) is 28.7 Å². The molecule has 2 aliphatic rings. The number of nitrogens with zero attached hydrogens (tertiary/aromatic N) is 4. The van der Waals surface area contributed by atoms with Crippen molar-refractivity contribution in [2.45, 2.75) is 38.8 Å². The van der Waals surface area contributed by atoms with E-state index in [2.05, 4.69) is 11.2 Å². The van der Waals surface area contributed by atoms with Gasteiger partial charge >= 0.3 is 0 Å². The van der Waals surface area contributed by atoms with E-state index in [-0.39, 0.29) is 23.6 Å². The number of carbonyl (C=O) groups excluding carboxylic acids is 1. The van der Waals surface area contributed by atoms with Crippen molar-refractivity contribution in [3.05, 3.63) is 92.2 Å². The minimum atomic E-state index is -0.301. The molecule has 34 heavy (non-hydrogen) atoms. The number of fused-ring (bicyclic) bond motifs is 1. The van der Waals surface area contributed by atoms with Crippen LogP contribution in [-0.2, 0) is 6.54 Å². The lowest BCUT2D eigenvalue weighted by atomic mass is 9.77. The van der Waals surface area contributed by atoms with E-state index in [1.165, 1.54) is 0 Å². The van der Waals surface area contributed by atoms with E-state index < -0.39 is 0 Å². The summed E-state index contributed by atoms with van der Waals surface area (Å²) < 4.78 is 1.66. The van der Waals surface area contributed by atoms with E-state index in [1.807, 2.05) is 55.5 Å². The first-order valence-corrected chi connectivity index (χ1v) is 12.4. The van der Waals surface area contributed by atoms with Crippen LogP contribution in [0.3, 0.4) is 0 Å². The second kappa shape index (κ2) is 9.57. The highest BCUT2D eigenvalue weighted by atomic mass is 35.5. The van der Waals surface area contributed by atoms with E-state index in [0.717, 1.165) is 41.7 Å². The molecule has 5 rings (SSSR count). The molecule has 1 aliphatic carbocycles. The van der Waals surface area contributed by atoms with Gasteiger partial charge in [0.1, 0.15) is 0 Å². The molecule has 5 nitrogen and oxygen atoms in total. The molecule has 174 valence electrons. The zero-order valence-electron chi connectivity index (χ0n) is 18.6. The maximum atomic E-state index is 13.7. The largest absolute Gasteiger partial charge is 0.296 e. The Morgan fingerprint density at radius 3 is 2.38 bits per heavy atom. The predicted molar refractivity (Wildman–Crippen MR) is 137 cm³/mol. The molecule has 1 fully saturated rings. The number of hydrogen-bond acceptors (Lipinski definition) is 3. The van der Waals surface area contributed by atoms with Crippen LogP contribution < -0.4 is 0 Å². The van der Waals surface area contributed by atoms with Crippen molar-refractivity contribution in [2.75, 3.05) is 0 Å². The minimum Gasteiger partial charge on any atom is -0.271 e. The smallest absolute Gasteiger partial charge is 0.271 e. The number of amides is 1. The van der Waals surface area contributed by atoms with Crippen molar-refractivity contribution in [2.24, 2.45) is 11.0 Å². The Labute approximate surface area is 213 Å². The molecule has 0 bridgehead atoms. The lowest BCUT2D eigenvalue weighted by Crippen LogP contribution is -2.32. The molecule has 1 saturated carbocycles. The highest BCUT2D eigenvalue weighted by Gasteiger charge is 2.44.